The zero-order chi connectivity index (χ0) is 23.5. The summed E-state index contributed by atoms with van der Waals surface area (Å²) in [5.41, 5.74) is 1.82. The number of fused-ring (bicyclic) bond motifs is 1. The van der Waals surface area contributed by atoms with Gasteiger partial charge < -0.3 is 10.3 Å². The lowest BCUT2D eigenvalue weighted by Gasteiger charge is -2.13. The Bertz CT molecular complexity index is 1280. The number of anilines is 2. The molecule has 1 aromatic carbocycles. The maximum Gasteiger partial charge on any atom is 0.259 e. The van der Waals surface area contributed by atoms with Crippen molar-refractivity contribution < 1.29 is 13.2 Å². The van der Waals surface area contributed by atoms with Crippen LogP contribution in [-0.2, 0) is 20.6 Å². The quantitative estimate of drug-likeness (QED) is 0.413. The van der Waals surface area contributed by atoms with E-state index < -0.39 is 10.0 Å². The molecule has 2 aromatic heterocycles. The number of aromatic nitrogens is 2. The monoisotopic (exact) mass is 494 g/mol. The minimum absolute atomic E-state index is 0.0545. The van der Waals surface area contributed by atoms with Gasteiger partial charge in [-0.15, -0.1) is 23.1 Å². The average Bonchev–Trinajstić information content (AvgIpc) is 3.01. The first kappa shape index (κ1) is 24.3. The molecule has 2 heterocycles. The number of carbonyl (C=O) groups is 1. The number of amides is 1. The molecule has 3 aromatic rings. The van der Waals surface area contributed by atoms with Gasteiger partial charge in [0.25, 0.3) is 5.56 Å². The fourth-order valence-corrected chi connectivity index (χ4v) is 5.95. The number of hydrogen-bond donors (Lipinski definition) is 3. The lowest BCUT2D eigenvalue weighted by Crippen LogP contribution is -2.23. The van der Waals surface area contributed by atoms with Crippen molar-refractivity contribution in [3.63, 3.8) is 0 Å². The summed E-state index contributed by atoms with van der Waals surface area (Å²) in [6.45, 7) is 7.46. The van der Waals surface area contributed by atoms with Crippen molar-refractivity contribution in [3.05, 3.63) is 50.9 Å². The molecular formula is C21H26N4O4S3. The highest BCUT2D eigenvalue weighted by atomic mass is 32.2. The number of benzene rings is 1. The van der Waals surface area contributed by atoms with E-state index >= 15 is 0 Å². The van der Waals surface area contributed by atoms with Crippen LogP contribution in [0.1, 0.15) is 36.5 Å². The summed E-state index contributed by atoms with van der Waals surface area (Å²) in [4.78, 5) is 34.0. The van der Waals surface area contributed by atoms with E-state index in [-0.39, 0.29) is 22.5 Å². The van der Waals surface area contributed by atoms with E-state index in [1.54, 1.807) is 38.1 Å². The van der Waals surface area contributed by atoms with Crippen LogP contribution in [0, 0.1) is 13.8 Å². The van der Waals surface area contributed by atoms with Gasteiger partial charge in [0, 0.05) is 16.3 Å². The molecule has 0 fully saturated rings. The van der Waals surface area contributed by atoms with Crippen molar-refractivity contribution in [1.29, 1.82) is 0 Å². The predicted molar refractivity (Wildman–Crippen MR) is 133 cm³/mol. The number of thiophene rings is 1. The van der Waals surface area contributed by atoms with Gasteiger partial charge in [-0.05, 0) is 57.0 Å². The third-order valence-corrected chi connectivity index (χ3v) is 8.57. The molecule has 172 valence electrons. The standard InChI is InChI=1S/C21H26N4O4S3/c1-5-10-32(28,29)25-16-8-6-15(7-9-16)22-19(26)14(4)30-11-17-23-20(27)18-12(2)13(3)31-21(18)24-17/h6-9,14,25H,5,10-11H2,1-4H3,(H,22,26)(H,23,24,27). The van der Waals surface area contributed by atoms with Crippen molar-refractivity contribution in [2.75, 3.05) is 15.8 Å². The molecule has 1 atom stereocenters. The fourth-order valence-electron chi connectivity index (χ4n) is 3.01. The van der Waals surface area contributed by atoms with E-state index in [4.69, 9.17) is 0 Å². The van der Waals surface area contributed by atoms with Crippen molar-refractivity contribution in [2.45, 2.75) is 45.1 Å². The van der Waals surface area contributed by atoms with E-state index in [1.165, 1.54) is 23.1 Å². The first-order valence-corrected chi connectivity index (χ1v) is 13.6. The second-order valence-electron chi connectivity index (χ2n) is 7.42. The Balaban J connectivity index is 1.58. The van der Waals surface area contributed by atoms with Crippen molar-refractivity contribution in [1.82, 2.24) is 9.97 Å². The Morgan fingerprint density at radius 3 is 2.53 bits per heavy atom. The van der Waals surface area contributed by atoms with Gasteiger partial charge in [-0.25, -0.2) is 13.4 Å². The number of aromatic amines is 1. The fraction of sp³-hybridized carbons (Fsp3) is 0.381. The van der Waals surface area contributed by atoms with Crippen LogP contribution >= 0.6 is 23.1 Å². The van der Waals surface area contributed by atoms with Crippen LogP contribution in [0.3, 0.4) is 0 Å². The second-order valence-corrected chi connectivity index (χ2v) is 11.8. The number of aryl methyl sites for hydroxylation is 2. The molecule has 0 spiro atoms. The molecule has 3 N–H and O–H groups in total. The summed E-state index contributed by atoms with van der Waals surface area (Å²) in [5, 5.41) is 3.07. The molecule has 11 heteroatoms. The first-order valence-electron chi connectivity index (χ1n) is 10.1. The Kier molecular flexibility index (Phi) is 7.63. The smallest absolute Gasteiger partial charge is 0.259 e. The summed E-state index contributed by atoms with van der Waals surface area (Å²) in [5.74, 6) is 0.796. The zero-order valence-electron chi connectivity index (χ0n) is 18.3. The van der Waals surface area contributed by atoms with E-state index in [0.29, 0.717) is 39.6 Å². The number of carbonyl (C=O) groups excluding carboxylic acids is 1. The van der Waals surface area contributed by atoms with Crippen molar-refractivity contribution >= 4 is 60.6 Å². The van der Waals surface area contributed by atoms with Crippen LogP contribution in [0.5, 0.6) is 0 Å². The van der Waals surface area contributed by atoms with Crippen molar-refractivity contribution in [2.24, 2.45) is 0 Å². The lowest BCUT2D eigenvalue weighted by atomic mass is 10.2. The van der Waals surface area contributed by atoms with Crippen LogP contribution < -0.4 is 15.6 Å². The van der Waals surface area contributed by atoms with E-state index in [1.807, 2.05) is 13.8 Å². The summed E-state index contributed by atoms with van der Waals surface area (Å²) in [6.07, 6.45) is 0.531. The van der Waals surface area contributed by atoms with Gasteiger partial charge in [-0.2, -0.15) is 0 Å². The zero-order valence-corrected chi connectivity index (χ0v) is 20.8. The molecule has 3 rings (SSSR count). The third-order valence-electron chi connectivity index (χ3n) is 4.83. The first-order chi connectivity index (χ1) is 15.1. The predicted octanol–water partition coefficient (Wildman–Crippen LogP) is 4.01. The minimum atomic E-state index is -3.36. The Morgan fingerprint density at radius 2 is 1.88 bits per heavy atom. The highest BCUT2D eigenvalue weighted by Gasteiger charge is 2.17. The molecule has 0 radical (unpaired) electrons. The summed E-state index contributed by atoms with van der Waals surface area (Å²) < 4.78 is 26.2. The Labute approximate surface area is 195 Å². The van der Waals surface area contributed by atoms with Crippen LogP contribution in [0.15, 0.2) is 29.1 Å². The molecular weight excluding hydrogens is 468 g/mol. The van der Waals surface area contributed by atoms with Gasteiger partial charge in [0.1, 0.15) is 10.7 Å². The SMILES string of the molecule is CCCS(=O)(=O)Nc1ccc(NC(=O)C(C)SCc2nc3sc(C)c(C)c3c(=O)[nH]2)cc1. The van der Waals surface area contributed by atoms with E-state index in [2.05, 4.69) is 20.0 Å². The Hall–Kier alpha value is -2.37. The summed E-state index contributed by atoms with van der Waals surface area (Å²) in [6, 6.07) is 6.51. The van der Waals surface area contributed by atoms with Crippen LogP contribution in [0.4, 0.5) is 11.4 Å². The van der Waals surface area contributed by atoms with Crippen LogP contribution in [0.25, 0.3) is 10.2 Å². The van der Waals surface area contributed by atoms with Crippen LogP contribution in [0.2, 0.25) is 0 Å². The molecule has 0 aliphatic heterocycles. The van der Waals surface area contributed by atoms with E-state index in [9.17, 15) is 18.0 Å². The largest absolute Gasteiger partial charge is 0.325 e. The van der Waals surface area contributed by atoms with E-state index in [0.717, 1.165) is 10.4 Å². The minimum Gasteiger partial charge on any atom is -0.325 e. The molecule has 1 amide bonds. The summed E-state index contributed by atoms with van der Waals surface area (Å²) >= 11 is 2.86. The molecule has 0 saturated heterocycles. The number of hydrogen-bond acceptors (Lipinski definition) is 7. The third kappa shape index (κ3) is 5.90. The van der Waals surface area contributed by atoms with Crippen molar-refractivity contribution in [3.8, 4) is 0 Å². The molecule has 0 saturated carbocycles. The summed E-state index contributed by atoms with van der Waals surface area (Å²) in [7, 11) is -3.36. The number of nitrogens with one attached hydrogen (secondary N) is 3. The number of thioether (sulfide) groups is 1. The molecule has 0 bridgehead atoms. The average molecular weight is 495 g/mol. The number of nitrogens with zero attached hydrogens (tertiary/aromatic N) is 1. The number of sulfonamides is 1. The topological polar surface area (TPSA) is 121 Å². The highest BCUT2D eigenvalue weighted by Crippen LogP contribution is 2.26. The maximum absolute atomic E-state index is 12.5. The number of rotatable bonds is 9. The normalized spacial score (nSPS) is 12.6. The van der Waals surface area contributed by atoms with Gasteiger partial charge in [0.15, 0.2) is 0 Å². The highest BCUT2D eigenvalue weighted by molar-refractivity contribution is 7.99. The molecule has 0 aliphatic carbocycles. The van der Waals surface area contributed by atoms with Crippen LogP contribution in [-0.4, -0.2) is 35.3 Å². The molecule has 32 heavy (non-hydrogen) atoms. The molecule has 8 nitrogen and oxygen atoms in total. The van der Waals surface area contributed by atoms with Gasteiger partial charge in [-0.1, -0.05) is 6.92 Å². The van der Waals surface area contributed by atoms with Gasteiger partial charge in [0.05, 0.1) is 22.1 Å². The van der Waals surface area contributed by atoms with Gasteiger partial charge in [-0.3, -0.25) is 14.3 Å². The second kappa shape index (κ2) is 10.1. The lowest BCUT2D eigenvalue weighted by molar-refractivity contribution is -0.115. The Morgan fingerprint density at radius 1 is 1.22 bits per heavy atom. The van der Waals surface area contributed by atoms with Gasteiger partial charge in [0.2, 0.25) is 15.9 Å². The maximum atomic E-state index is 12.5. The number of H-pyrrole nitrogens is 1. The molecule has 0 aliphatic rings. The molecule has 1 unspecified atom stereocenters. The van der Waals surface area contributed by atoms with Gasteiger partial charge >= 0.3 is 0 Å².